The highest BCUT2D eigenvalue weighted by Gasteiger charge is 2.32. The largest absolute Gasteiger partial charge is 0.497 e. The Hall–Kier alpha value is -3.33. The van der Waals surface area contributed by atoms with E-state index in [1.807, 2.05) is 29.2 Å². The molecule has 9 heteroatoms. The second kappa shape index (κ2) is 8.31. The summed E-state index contributed by atoms with van der Waals surface area (Å²) in [6, 6.07) is 12.6. The van der Waals surface area contributed by atoms with Crippen LogP contribution in [0.3, 0.4) is 0 Å². The molecule has 4 rings (SSSR count). The second-order valence-electron chi connectivity index (χ2n) is 7.79. The van der Waals surface area contributed by atoms with E-state index in [1.54, 1.807) is 31.9 Å². The van der Waals surface area contributed by atoms with E-state index in [0.717, 1.165) is 23.4 Å². The molecular weight excluding hydrogens is 421 g/mol. The van der Waals surface area contributed by atoms with E-state index in [-0.39, 0.29) is 18.9 Å². The van der Waals surface area contributed by atoms with Gasteiger partial charge in [-0.05, 0) is 49.7 Å². The summed E-state index contributed by atoms with van der Waals surface area (Å²) < 4.78 is 46.7. The van der Waals surface area contributed by atoms with Gasteiger partial charge in [0, 0.05) is 23.5 Å². The summed E-state index contributed by atoms with van der Waals surface area (Å²) in [6.45, 7) is 4.49. The van der Waals surface area contributed by atoms with Gasteiger partial charge in [-0.3, -0.25) is 19.2 Å². The van der Waals surface area contributed by atoms with Gasteiger partial charge in [-0.25, -0.2) is 4.98 Å². The highest BCUT2D eigenvalue weighted by Crippen LogP contribution is 2.34. The Morgan fingerprint density at radius 3 is 2.44 bits per heavy atom. The minimum atomic E-state index is -4.47. The van der Waals surface area contributed by atoms with Crippen molar-refractivity contribution in [3.63, 3.8) is 0 Å². The first kappa shape index (κ1) is 21.9. The number of hydrogen-bond donors (Lipinski definition) is 0. The Balaban J connectivity index is 1.76. The topological polar surface area (TPSA) is 50.6 Å². The fraction of sp³-hybridized carbons (Fsp3) is 0.304. The van der Waals surface area contributed by atoms with Crippen LogP contribution in [0.15, 0.2) is 53.3 Å². The van der Waals surface area contributed by atoms with Crippen LogP contribution in [0.2, 0.25) is 0 Å². The fourth-order valence-corrected chi connectivity index (χ4v) is 3.72. The van der Waals surface area contributed by atoms with Gasteiger partial charge in [0.05, 0.1) is 26.0 Å². The molecule has 2 aromatic carbocycles. The fourth-order valence-electron chi connectivity index (χ4n) is 3.72. The summed E-state index contributed by atoms with van der Waals surface area (Å²) in [5.74, 6) is 1.07. The van der Waals surface area contributed by atoms with Gasteiger partial charge in [0.2, 0.25) is 5.95 Å². The number of nitrogens with zero attached hydrogens (tertiary/aromatic N) is 4. The van der Waals surface area contributed by atoms with Crippen molar-refractivity contribution in [2.45, 2.75) is 33.2 Å². The van der Waals surface area contributed by atoms with Crippen LogP contribution < -0.4 is 15.2 Å². The SMILES string of the molecule is COc1ccc(CN2CN(c3cccc(C(F)(F)F)c3)c3nc(C)c(C)c(=O)n3C2)cc1. The summed E-state index contributed by atoms with van der Waals surface area (Å²) in [5.41, 5.74) is 1.43. The molecule has 0 radical (unpaired) electrons. The van der Waals surface area contributed by atoms with Crippen LogP contribution in [0.1, 0.15) is 22.4 Å². The van der Waals surface area contributed by atoms with Crippen LogP contribution in [-0.2, 0) is 19.4 Å². The molecule has 1 aliphatic rings. The first-order valence-corrected chi connectivity index (χ1v) is 10.1. The Bertz CT molecular complexity index is 1190. The molecule has 1 aromatic heterocycles. The zero-order valence-electron chi connectivity index (χ0n) is 18.0. The molecule has 0 unspecified atom stereocenters. The third-order valence-corrected chi connectivity index (χ3v) is 5.59. The molecule has 0 N–H and O–H groups in total. The monoisotopic (exact) mass is 444 g/mol. The quantitative estimate of drug-likeness (QED) is 0.595. The molecule has 2 heterocycles. The van der Waals surface area contributed by atoms with E-state index in [1.165, 1.54) is 10.6 Å². The van der Waals surface area contributed by atoms with Crippen LogP contribution >= 0.6 is 0 Å². The summed E-state index contributed by atoms with van der Waals surface area (Å²) in [4.78, 5) is 21.2. The van der Waals surface area contributed by atoms with E-state index < -0.39 is 11.7 Å². The predicted molar refractivity (Wildman–Crippen MR) is 115 cm³/mol. The van der Waals surface area contributed by atoms with Crippen molar-refractivity contribution >= 4 is 11.6 Å². The molecule has 0 amide bonds. The Morgan fingerprint density at radius 2 is 1.78 bits per heavy atom. The van der Waals surface area contributed by atoms with Crippen molar-refractivity contribution in [3.05, 3.63) is 81.3 Å². The number of hydrogen-bond acceptors (Lipinski definition) is 5. The number of rotatable bonds is 4. The van der Waals surface area contributed by atoms with E-state index in [2.05, 4.69) is 4.98 Å². The van der Waals surface area contributed by atoms with Gasteiger partial charge >= 0.3 is 6.18 Å². The van der Waals surface area contributed by atoms with Crippen LogP contribution in [0, 0.1) is 13.8 Å². The van der Waals surface area contributed by atoms with Crippen molar-refractivity contribution in [1.82, 2.24) is 14.5 Å². The summed E-state index contributed by atoms with van der Waals surface area (Å²) in [6.07, 6.45) is -4.47. The van der Waals surface area contributed by atoms with Crippen LogP contribution in [0.5, 0.6) is 5.75 Å². The molecule has 0 bridgehead atoms. The maximum absolute atomic E-state index is 13.3. The first-order chi connectivity index (χ1) is 15.2. The number of methoxy groups -OCH3 is 1. The standard InChI is InChI=1S/C23H23F3N4O2/c1-15-16(2)27-22-29(19-6-4-5-18(11-19)23(24,25)26)13-28(14-30(22)21(15)31)12-17-7-9-20(32-3)10-8-17/h4-11H,12-14H2,1-3H3. The molecule has 0 spiro atoms. The zero-order chi connectivity index (χ0) is 23.0. The van der Waals surface area contributed by atoms with Gasteiger partial charge < -0.3 is 4.74 Å². The maximum Gasteiger partial charge on any atom is 0.416 e. The lowest BCUT2D eigenvalue weighted by Crippen LogP contribution is -2.47. The summed E-state index contributed by atoms with van der Waals surface area (Å²) >= 11 is 0. The molecule has 168 valence electrons. The highest BCUT2D eigenvalue weighted by atomic mass is 19.4. The van der Waals surface area contributed by atoms with E-state index >= 15 is 0 Å². The third kappa shape index (κ3) is 4.20. The van der Waals surface area contributed by atoms with Crippen molar-refractivity contribution in [3.8, 4) is 5.75 Å². The third-order valence-electron chi connectivity index (χ3n) is 5.59. The number of anilines is 2. The number of fused-ring (bicyclic) bond motifs is 1. The molecule has 6 nitrogen and oxygen atoms in total. The lowest BCUT2D eigenvalue weighted by atomic mass is 10.1. The maximum atomic E-state index is 13.3. The summed E-state index contributed by atoms with van der Waals surface area (Å²) in [5, 5.41) is 0. The highest BCUT2D eigenvalue weighted by molar-refractivity contribution is 5.59. The lowest BCUT2D eigenvalue weighted by molar-refractivity contribution is -0.137. The first-order valence-electron chi connectivity index (χ1n) is 10.1. The van der Waals surface area contributed by atoms with Gasteiger partial charge in [-0.15, -0.1) is 0 Å². The lowest BCUT2D eigenvalue weighted by Gasteiger charge is -2.38. The number of benzene rings is 2. The van der Waals surface area contributed by atoms with E-state index in [0.29, 0.717) is 29.4 Å². The normalized spacial score (nSPS) is 14.4. The molecule has 3 aromatic rings. The molecule has 32 heavy (non-hydrogen) atoms. The van der Waals surface area contributed by atoms with Gasteiger partial charge in [0.15, 0.2) is 0 Å². The van der Waals surface area contributed by atoms with Gasteiger partial charge in [0.25, 0.3) is 5.56 Å². The van der Waals surface area contributed by atoms with Crippen molar-refractivity contribution in [2.75, 3.05) is 18.7 Å². The van der Waals surface area contributed by atoms with Gasteiger partial charge in [0.1, 0.15) is 5.75 Å². The van der Waals surface area contributed by atoms with Gasteiger partial charge in [-0.1, -0.05) is 18.2 Å². The average Bonchev–Trinajstić information content (AvgIpc) is 2.78. The number of halogens is 3. The van der Waals surface area contributed by atoms with Crippen molar-refractivity contribution < 1.29 is 17.9 Å². The Labute approximate surface area is 183 Å². The van der Waals surface area contributed by atoms with Crippen LogP contribution in [0.4, 0.5) is 24.8 Å². The second-order valence-corrected chi connectivity index (χ2v) is 7.79. The number of aromatic nitrogens is 2. The molecule has 0 aliphatic carbocycles. The van der Waals surface area contributed by atoms with Gasteiger partial charge in [-0.2, -0.15) is 13.2 Å². The van der Waals surface area contributed by atoms with Crippen molar-refractivity contribution in [2.24, 2.45) is 0 Å². The number of alkyl halides is 3. The molecular formula is C23H23F3N4O2. The number of ether oxygens (including phenoxy) is 1. The Kier molecular flexibility index (Phi) is 5.68. The molecule has 0 fully saturated rings. The van der Waals surface area contributed by atoms with Crippen LogP contribution in [-0.4, -0.2) is 28.2 Å². The minimum absolute atomic E-state index is 0.205. The van der Waals surface area contributed by atoms with E-state index in [4.69, 9.17) is 4.74 Å². The molecule has 0 atom stereocenters. The summed E-state index contributed by atoms with van der Waals surface area (Å²) in [7, 11) is 1.59. The smallest absolute Gasteiger partial charge is 0.416 e. The zero-order valence-corrected chi connectivity index (χ0v) is 18.0. The molecule has 0 saturated heterocycles. The minimum Gasteiger partial charge on any atom is -0.497 e. The van der Waals surface area contributed by atoms with Crippen LogP contribution in [0.25, 0.3) is 0 Å². The molecule has 0 saturated carbocycles. The van der Waals surface area contributed by atoms with Crippen molar-refractivity contribution in [1.29, 1.82) is 0 Å². The predicted octanol–water partition coefficient (Wildman–Crippen LogP) is 4.46. The number of aryl methyl sites for hydroxylation is 1. The Morgan fingerprint density at radius 1 is 1.06 bits per heavy atom. The van der Waals surface area contributed by atoms with E-state index in [9.17, 15) is 18.0 Å². The average molecular weight is 444 g/mol. The molecule has 1 aliphatic heterocycles.